The zero-order valence-corrected chi connectivity index (χ0v) is 11.1. The van der Waals surface area contributed by atoms with Gasteiger partial charge in [-0.05, 0) is 24.6 Å². The van der Waals surface area contributed by atoms with Gasteiger partial charge in [-0.25, -0.2) is 0 Å². The summed E-state index contributed by atoms with van der Waals surface area (Å²) in [5, 5.41) is 5.64. The summed E-state index contributed by atoms with van der Waals surface area (Å²) in [6.07, 6.45) is 2.03. The number of hydrogen-bond acceptors (Lipinski definition) is 3. The van der Waals surface area contributed by atoms with Crippen LogP contribution >= 0.6 is 11.8 Å². The number of hydrogen-bond donors (Lipinski definition) is 2. The molecule has 1 aromatic rings. The lowest BCUT2D eigenvalue weighted by Crippen LogP contribution is -2.25. The fraction of sp³-hybridized carbons (Fsp3) is 0.385. The van der Waals surface area contributed by atoms with Crippen LogP contribution in [0.25, 0.3) is 0 Å². The summed E-state index contributed by atoms with van der Waals surface area (Å²) in [4.78, 5) is 24.2. The van der Waals surface area contributed by atoms with Crippen LogP contribution in [-0.2, 0) is 4.79 Å². The standard InChI is InChI=1S/C13H16N2O2S/c1-2-3-6-14-13(17)9-4-5-11-10(7-9)15-12(16)8-18-11/h4-5,7H,2-3,6,8H2,1H3,(H,14,17)(H,15,16). The van der Waals surface area contributed by atoms with Crippen molar-refractivity contribution in [3.63, 3.8) is 0 Å². The van der Waals surface area contributed by atoms with Crippen LogP contribution in [0.4, 0.5) is 5.69 Å². The Morgan fingerprint density at radius 1 is 1.50 bits per heavy atom. The Hall–Kier alpha value is -1.49. The molecular formula is C13H16N2O2S. The van der Waals surface area contributed by atoms with Gasteiger partial charge in [0.15, 0.2) is 0 Å². The molecule has 5 heteroatoms. The summed E-state index contributed by atoms with van der Waals surface area (Å²) >= 11 is 1.49. The zero-order valence-electron chi connectivity index (χ0n) is 10.3. The number of rotatable bonds is 4. The highest BCUT2D eigenvalue weighted by atomic mass is 32.2. The second kappa shape index (κ2) is 5.91. The Bertz CT molecular complexity index is 474. The maximum atomic E-state index is 11.9. The van der Waals surface area contributed by atoms with Crippen LogP contribution in [0.15, 0.2) is 23.1 Å². The normalized spacial score (nSPS) is 13.7. The smallest absolute Gasteiger partial charge is 0.251 e. The van der Waals surface area contributed by atoms with E-state index in [2.05, 4.69) is 17.6 Å². The molecule has 0 atom stereocenters. The van der Waals surface area contributed by atoms with E-state index in [4.69, 9.17) is 0 Å². The molecule has 1 aliphatic heterocycles. The van der Waals surface area contributed by atoms with Gasteiger partial charge in [0.05, 0.1) is 11.4 Å². The summed E-state index contributed by atoms with van der Waals surface area (Å²) in [7, 11) is 0. The van der Waals surface area contributed by atoms with Crippen LogP contribution < -0.4 is 10.6 Å². The monoisotopic (exact) mass is 264 g/mol. The van der Waals surface area contributed by atoms with Gasteiger partial charge in [-0.1, -0.05) is 13.3 Å². The lowest BCUT2D eigenvalue weighted by Gasteiger charge is -2.16. The van der Waals surface area contributed by atoms with Crippen molar-refractivity contribution in [3.8, 4) is 0 Å². The van der Waals surface area contributed by atoms with E-state index in [1.54, 1.807) is 12.1 Å². The van der Waals surface area contributed by atoms with E-state index in [0.29, 0.717) is 17.9 Å². The van der Waals surface area contributed by atoms with Gasteiger partial charge in [-0.3, -0.25) is 9.59 Å². The quantitative estimate of drug-likeness (QED) is 0.820. The van der Waals surface area contributed by atoms with Gasteiger partial charge in [0, 0.05) is 17.0 Å². The molecule has 0 unspecified atom stereocenters. The van der Waals surface area contributed by atoms with E-state index in [-0.39, 0.29) is 11.8 Å². The topological polar surface area (TPSA) is 58.2 Å². The third-order valence-corrected chi connectivity index (χ3v) is 3.76. The van der Waals surface area contributed by atoms with Crippen LogP contribution in [0.2, 0.25) is 0 Å². The van der Waals surface area contributed by atoms with Crippen molar-refractivity contribution in [1.82, 2.24) is 5.32 Å². The summed E-state index contributed by atoms with van der Waals surface area (Å²) < 4.78 is 0. The maximum absolute atomic E-state index is 11.9. The van der Waals surface area contributed by atoms with Gasteiger partial charge in [-0.15, -0.1) is 11.8 Å². The molecule has 2 amide bonds. The summed E-state index contributed by atoms with van der Waals surface area (Å²) in [5.74, 6) is 0.335. The highest BCUT2D eigenvalue weighted by molar-refractivity contribution is 8.00. The summed E-state index contributed by atoms with van der Waals surface area (Å²) in [5.41, 5.74) is 1.33. The van der Waals surface area contributed by atoms with E-state index in [1.807, 2.05) is 6.07 Å². The first kappa shape index (κ1) is 13.0. The molecule has 0 radical (unpaired) electrons. The van der Waals surface area contributed by atoms with Crippen LogP contribution in [-0.4, -0.2) is 24.1 Å². The highest BCUT2D eigenvalue weighted by Gasteiger charge is 2.16. The molecule has 0 fully saturated rings. The summed E-state index contributed by atoms with van der Waals surface area (Å²) in [6.45, 7) is 2.77. The van der Waals surface area contributed by atoms with Gasteiger partial charge in [0.1, 0.15) is 0 Å². The first-order valence-corrected chi connectivity index (χ1v) is 7.04. The molecule has 0 bridgehead atoms. The number of anilines is 1. The zero-order chi connectivity index (χ0) is 13.0. The van der Waals surface area contributed by atoms with Crippen molar-refractivity contribution in [1.29, 1.82) is 0 Å². The van der Waals surface area contributed by atoms with Crippen molar-refractivity contribution < 1.29 is 9.59 Å². The number of fused-ring (bicyclic) bond motifs is 1. The Morgan fingerprint density at radius 3 is 3.11 bits per heavy atom. The number of thioether (sulfide) groups is 1. The lowest BCUT2D eigenvalue weighted by molar-refractivity contribution is -0.113. The predicted molar refractivity (Wildman–Crippen MR) is 73.0 cm³/mol. The van der Waals surface area contributed by atoms with Gasteiger partial charge < -0.3 is 10.6 Å². The minimum absolute atomic E-state index is 0.0176. The fourth-order valence-electron chi connectivity index (χ4n) is 1.71. The molecule has 0 saturated heterocycles. The molecule has 0 spiro atoms. The number of carbonyl (C=O) groups excluding carboxylic acids is 2. The van der Waals surface area contributed by atoms with Gasteiger partial charge >= 0.3 is 0 Å². The Balaban J connectivity index is 2.08. The minimum Gasteiger partial charge on any atom is -0.352 e. The maximum Gasteiger partial charge on any atom is 0.251 e. The largest absolute Gasteiger partial charge is 0.352 e. The molecule has 1 aromatic carbocycles. The lowest BCUT2D eigenvalue weighted by atomic mass is 10.1. The molecule has 2 N–H and O–H groups in total. The van der Waals surface area contributed by atoms with E-state index in [9.17, 15) is 9.59 Å². The first-order chi connectivity index (χ1) is 8.70. The molecule has 1 heterocycles. The van der Waals surface area contributed by atoms with Crippen molar-refractivity contribution in [3.05, 3.63) is 23.8 Å². The van der Waals surface area contributed by atoms with Crippen LogP contribution in [0.5, 0.6) is 0 Å². The van der Waals surface area contributed by atoms with E-state index >= 15 is 0 Å². The SMILES string of the molecule is CCCCNC(=O)c1ccc2c(c1)NC(=O)CS2. The molecule has 18 heavy (non-hydrogen) atoms. The minimum atomic E-state index is -0.0870. The van der Waals surface area contributed by atoms with E-state index < -0.39 is 0 Å². The van der Waals surface area contributed by atoms with Crippen molar-refractivity contribution in [2.45, 2.75) is 24.7 Å². The predicted octanol–water partition coefficient (Wildman–Crippen LogP) is 2.26. The molecule has 96 valence electrons. The number of unbranched alkanes of at least 4 members (excludes halogenated alkanes) is 1. The van der Waals surface area contributed by atoms with Crippen LogP contribution in [0.1, 0.15) is 30.1 Å². The van der Waals surface area contributed by atoms with Crippen molar-refractivity contribution in [2.75, 3.05) is 17.6 Å². The third kappa shape index (κ3) is 3.04. The first-order valence-electron chi connectivity index (χ1n) is 6.05. The average Bonchev–Trinajstić information content (AvgIpc) is 2.38. The van der Waals surface area contributed by atoms with Gasteiger partial charge in [0.2, 0.25) is 5.91 Å². The third-order valence-electron chi connectivity index (χ3n) is 2.69. The number of nitrogens with one attached hydrogen (secondary N) is 2. The molecule has 0 aliphatic carbocycles. The van der Waals surface area contributed by atoms with Crippen molar-refractivity contribution in [2.24, 2.45) is 0 Å². The Kier molecular flexibility index (Phi) is 4.25. The summed E-state index contributed by atoms with van der Waals surface area (Å²) in [6, 6.07) is 5.42. The second-order valence-corrected chi connectivity index (χ2v) is 5.17. The molecular weight excluding hydrogens is 248 g/mol. The average molecular weight is 264 g/mol. The second-order valence-electron chi connectivity index (χ2n) is 4.16. The number of carbonyl (C=O) groups is 2. The number of benzene rings is 1. The molecule has 1 aliphatic rings. The fourth-order valence-corrected chi connectivity index (χ4v) is 2.49. The van der Waals surface area contributed by atoms with E-state index in [1.165, 1.54) is 11.8 Å². The molecule has 4 nitrogen and oxygen atoms in total. The van der Waals surface area contributed by atoms with Crippen LogP contribution in [0, 0.1) is 0 Å². The Labute approximate surface area is 111 Å². The Morgan fingerprint density at radius 2 is 2.33 bits per heavy atom. The number of amides is 2. The molecule has 0 saturated carbocycles. The molecule has 2 rings (SSSR count). The van der Waals surface area contributed by atoms with Crippen molar-refractivity contribution >= 4 is 29.3 Å². The molecule has 0 aromatic heterocycles. The van der Waals surface area contributed by atoms with E-state index in [0.717, 1.165) is 23.4 Å². The van der Waals surface area contributed by atoms with Crippen LogP contribution in [0.3, 0.4) is 0 Å². The van der Waals surface area contributed by atoms with Gasteiger partial charge in [-0.2, -0.15) is 0 Å². The van der Waals surface area contributed by atoms with Gasteiger partial charge in [0.25, 0.3) is 5.91 Å². The highest BCUT2D eigenvalue weighted by Crippen LogP contribution is 2.31.